The van der Waals surface area contributed by atoms with E-state index in [0.29, 0.717) is 6.54 Å². The van der Waals surface area contributed by atoms with Gasteiger partial charge in [-0.05, 0) is 50.1 Å². The van der Waals surface area contributed by atoms with Crippen LogP contribution < -0.4 is 5.73 Å². The third-order valence-electron chi connectivity index (χ3n) is 3.42. The number of carbonyl (C=O) groups is 1. The Morgan fingerprint density at radius 1 is 1.53 bits per heavy atom. The van der Waals surface area contributed by atoms with Crippen LogP contribution in [0, 0.1) is 0 Å². The van der Waals surface area contributed by atoms with Crippen LogP contribution >= 0.6 is 11.8 Å². The van der Waals surface area contributed by atoms with E-state index in [1.165, 1.54) is 0 Å². The Labute approximate surface area is 119 Å². The number of rotatable bonds is 4. The minimum Gasteiger partial charge on any atom is -0.399 e. The zero-order valence-electron chi connectivity index (χ0n) is 11.6. The predicted molar refractivity (Wildman–Crippen MR) is 82.0 cm³/mol. The third kappa shape index (κ3) is 3.66. The standard InChI is InChI=1S/C15H22N2OS/c1-11(2)17(15(18)14-7-4-8-19-14)10-12-5-3-6-13(16)9-12/h3,5-6,9,11,14H,4,7-8,10,16H2,1-2H3. The lowest BCUT2D eigenvalue weighted by molar-refractivity contribution is -0.133. The fourth-order valence-electron chi connectivity index (χ4n) is 2.36. The molecule has 1 atom stereocenters. The maximum absolute atomic E-state index is 12.6. The molecule has 0 aromatic heterocycles. The number of amides is 1. The Hall–Kier alpha value is -1.16. The number of anilines is 1. The molecule has 1 amide bonds. The van der Waals surface area contributed by atoms with E-state index in [-0.39, 0.29) is 17.2 Å². The van der Waals surface area contributed by atoms with Gasteiger partial charge in [-0.15, -0.1) is 11.8 Å². The molecule has 1 aliphatic rings. The number of nitrogens with two attached hydrogens (primary N) is 1. The van der Waals surface area contributed by atoms with Crippen molar-refractivity contribution in [3.05, 3.63) is 29.8 Å². The van der Waals surface area contributed by atoms with Gasteiger partial charge in [0.15, 0.2) is 0 Å². The van der Waals surface area contributed by atoms with Gasteiger partial charge in [0.05, 0.1) is 5.25 Å². The lowest BCUT2D eigenvalue weighted by Gasteiger charge is -2.29. The molecule has 0 bridgehead atoms. The molecule has 0 radical (unpaired) electrons. The molecule has 0 saturated carbocycles. The number of thioether (sulfide) groups is 1. The Morgan fingerprint density at radius 2 is 2.32 bits per heavy atom. The molecule has 1 saturated heterocycles. The fourth-order valence-corrected chi connectivity index (χ4v) is 3.59. The molecule has 0 spiro atoms. The predicted octanol–water partition coefficient (Wildman–Crippen LogP) is 2.90. The molecule has 19 heavy (non-hydrogen) atoms. The SMILES string of the molecule is CC(C)N(Cc1cccc(N)c1)C(=O)C1CCCS1. The van der Waals surface area contributed by atoms with Crippen molar-refractivity contribution in [2.45, 2.75) is 44.5 Å². The molecule has 1 unspecified atom stereocenters. The molecule has 0 aliphatic carbocycles. The van der Waals surface area contributed by atoms with Crippen molar-refractivity contribution < 1.29 is 4.79 Å². The summed E-state index contributed by atoms with van der Waals surface area (Å²) in [5.74, 6) is 1.39. The Morgan fingerprint density at radius 3 is 2.89 bits per heavy atom. The van der Waals surface area contributed by atoms with Crippen LogP contribution in [0.1, 0.15) is 32.3 Å². The molecule has 1 aromatic carbocycles. The Kier molecular flexibility index (Phi) is 4.75. The summed E-state index contributed by atoms with van der Waals surface area (Å²) < 4.78 is 0. The van der Waals surface area contributed by atoms with Gasteiger partial charge in [-0.3, -0.25) is 4.79 Å². The highest BCUT2D eigenvalue weighted by molar-refractivity contribution is 8.00. The van der Waals surface area contributed by atoms with Gasteiger partial charge in [-0.1, -0.05) is 12.1 Å². The molecule has 4 heteroatoms. The van der Waals surface area contributed by atoms with Gasteiger partial charge in [0.25, 0.3) is 0 Å². The summed E-state index contributed by atoms with van der Waals surface area (Å²) in [5, 5.41) is 0.156. The van der Waals surface area contributed by atoms with Crippen LogP contribution in [-0.2, 0) is 11.3 Å². The summed E-state index contributed by atoms with van der Waals surface area (Å²) in [6.07, 6.45) is 2.18. The summed E-state index contributed by atoms with van der Waals surface area (Å²) in [4.78, 5) is 14.5. The van der Waals surface area contributed by atoms with Crippen molar-refractivity contribution >= 4 is 23.4 Å². The van der Waals surface area contributed by atoms with E-state index in [4.69, 9.17) is 5.73 Å². The van der Waals surface area contributed by atoms with Gasteiger partial charge in [0.2, 0.25) is 5.91 Å². The first-order valence-electron chi connectivity index (χ1n) is 6.84. The van der Waals surface area contributed by atoms with Crippen LogP contribution in [0.15, 0.2) is 24.3 Å². The molecule has 1 aliphatic heterocycles. The molecule has 104 valence electrons. The number of nitrogens with zero attached hydrogens (tertiary/aromatic N) is 1. The van der Waals surface area contributed by atoms with Gasteiger partial charge in [0.1, 0.15) is 0 Å². The fraction of sp³-hybridized carbons (Fsp3) is 0.533. The Bertz CT molecular complexity index is 442. The maximum atomic E-state index is 12.6. The lowest BCUT2D eigenvalue weighted by Crippen LogP contribution is -2.41. The molecule has 2 rings (SSSR count). The molecular weight excluding hydrogens is 256 g/mol. The normalized spacial score (nSPS) is 18.8. The van der Waals surface area contributed by atoms with Crippen molar-refractivity contribution in [2.75, 3.05) is 11.5 Å². The number of nitrogen functional groups attached to an aromatic ring is 1. The van der Waals surface area contributed by atoms with Crippen LogP contribution in [0.3, 0.4) is 0 Å². The third-order valence-corrected chi connectivity index (χ3v) is 4.78. The summed E-state index contributed by atoms with van der Waals surface area (Å²) in [7, 11) is 0. The number of carbonyl (C=O) groups excluding carboxylic acids is 1. The van der Waals surface area contributed by atoms with Crippen molar-refractivity contribution in [1.29, 1.82) is 0 Å². The summed E-state index contributed by atoms with van der Waals surface area (Å²) >= 11 is 1.79. The maximum Gasteiger partial charge on any atom is 0.236 e. The number of hydrogen-bond donors (Lipinski definition) is 1. The summed E-state index contributed by atoms with van der Waals surface area (Å²) in [6.45, 7) is 4.80. The quantitative estimate of drug-likeness (QED) is 0.861. The highest BCUT2D eigenvalue weighted by Gasteiger charge is 2.29. The van der Waals surface area contributed by atoms with Crippen molar-refractivity contribution in [2.24, 2.45) is 0 Å². The number of benzene rings is 1. The van der Waals surface area contributed by atoms with E-state index >= 15 is 0 Å². The molecule has 3 nitrogen and oxygen atoms in total. The molecule has 2 N–H and O–H groups in total. The number of hydrogen-bond acceptors (Lipinski definition) is 3. The first-order valence-corrected chi connectivity index (χ1v) is 7.89. The van der Waals surface area contributed by atoms with Crippen molar-refractivity contribution in [3.63, 3.8) is 0 Å². The lowest BCUT2D eigenvalue weighted by atomic mass is 10.1. The Balaban J connectivity index is 2.09. The van der Waals surface area contributed by atoms with Crippen molar-refractivity contribution in [1.82, 2.24) is 4.90 Å². The molecule has 1 aromatic rings. The monoisotopic (exact) mass is 278 g/mol. The van der Waals surface area contributed by atoms with E-state index in [2.05, 4.69) is 13.8 Å². The van der Waals surface area contributed by atoms with Crippen LogP contribution in [-0.4, -0.2) is 27.9 Å². The zero-order valence-corrected chi connectivity index (χ0v) is 12.5. The molecule has 1 fully saturated rings. The van der Waals surface area contributed by atoms with Gasteiger partial charge >= 0.3 is 0 Å². The van der Waals surface area contributed by atoms with Crippen LogP contribution in [0.2, 0.25) is 0 Å². The van der Waals surface area contributed by atoms with Crippen LogP contribution in [0.4, 0.5) is 5.69 Å². The first-order chi connectivity index (χ1) is 9.08. The average Bonchev–Trinajstić information content (AvgIpc) is 2.88. The molecular formula is C15H22N2OS. The average molecular weight is 278 g/mol. The highest BCUT2D eigenvalue weighted by Crippen LogP contribution is 2.29. The largest absolute Gasteiger partial charge is 0.399 e. The van der Waals surface area contributed by atoms with E-state index < -0.39 is 0 Å². The van der Waals surface area contributed by atoms with Gasteiger partial charge in [0, 0.05) is 18.3 Å². The van der Waals surface area contributed by atoms with Crippen LogP contribution in [0.25, 0.3) is 0 Å². The van der Waals surface area contributed by atoms with Gasteiger partial charge in [-0.25, -0.2) is 0 Å². The summed E-state index contributed by atoms with van der Waals surface area (Å²) in [5.41, 5.74) is 7.66. The minimum absolute atomic E-state index is 0.156. The minimum atomic E-state index is 0.156. The van der Waals surface area contributed by atoms with Gasteiger partial charge in [-0.2, -0.15) is 0 Å². The van der Waals surface area contributed by atoms with Gasteiger partial charge < -0.3 is 10.6 Å². The van der Waals surface area contributed by atoms with Crippen LogP contribution in [0.5, 0.6) is 0 Å². The smallest absolute Gasteiger partial charge is 0.236 e. The zero-order chi connectivity index (χ0) is 13.8. The van der Waals surface area contributed by atoms with E-state index in [1.54, 1.807) is 11.8 Å². The topological polar surface area (TPSA) is 46.3 Å². The highest BCUT2D eigenvalue weighted by atomic mass is 32.2. The first kappa shape index (κ1) is 14.3. The molecule has 1 heterocycles. The van der Waals surface area contributed by atoms with Crippen molar-refractivity contribution in [3.8, 4) is 0 Å². The second-order valence-electron chi connectivity index (χ2n) is 5.31. The van der Waals surface area contributed by atoms with E-state index in [0.717, 1.165) is 29.8 Å². The van der Waals surface area contributed by atoms with E-state index in [9.17, 15) is 4.79 Å². The summed E-state index contributed by atoms with van der Waals surface area (Å²) in [6, 6.07) is 8.01. The second-order valence-corrected chi connectivity index (χ2v) is 6.62. The van der Waals surface area contributed by atoms with E-state index in [1.807, 2.05) is 29.2 Å². The second kappa shape index (κ2) is 6.33.